The highest BCUT2D eigenvalue weighted by Gasteiger charge is 2.23. The molecule has 0 unspecified atom stereocenters. The Morgan fingerprint density at radius 3 is 2.61 bits per heavy atom. The number of likely N-dealkylation sites (tertiary alicyclic amines) is 1. The number of fused-ring (bicyclic) bond motifs is 1. The summed E-state index contributed by atoms with van der Waals surface area (Å²) in [6, 6.07) is 9.96. The lowest BCUT2D eigenvalue weighted by Gasteiger charge is -2.20. The lowest BCUT2D eigenvalue weighted by atomic mass is 10.2. The van der Waals surface area contributed by atoms with Gasteiger partial charge in [-0.1, -0.05) is 54.9 Å². The van der Waals surface area contributed by atoms with Gasteiger partial charge in [0.2, 0.25) is 5.91 Å². The average Bonchev–Trinajstić information content (AvgIpc) is 3.02. The second-order valence-electron chi connectivity index (χ2n) is 7.23. The number of aryl methyl sites for hydroxylation is 1. The number of amides is 1. The Morgan fingerprint density at radius 1 is 1.11 bits per heavy atom. The third-order valence-electron chi connectivity index (χ3n) is 5.22. The van der Waals surface area contributed by atoms with Gasteiger partial charge in [0, 0.05) is 25.3 Å². The molecule has 0 spiro atoms. The Bertz CT molecular complexity index is 891. The summed E-state index contributed by atoms with van der Waals surface area (Å²) >= 11 is 3.00. The van der Waals surface area contributed by atoms with Gasteiger partial charge in [-0.3, -0.25) is 14.2 Å². The van der Waals surface area contributed by atoms with Crippen LogP contribution in [0.3, 0.4) is 0 Å². The number of carbonyl (C=O) groups excluding carboxylic acids is 1. The normalized spacial score (nSPS) is 16.6. The van der Waals surface area contributed by atoms with E-state index < -0.39 is 0 Å². The van der Waals surface area contributed by atoms with Gasteiger partial charge >= 0.3 is 0 Å². The molecule has 1 aromatic carbocycles. The monoisotopic (exact) mass is 415 g/mol. The van der Waals surface area contributed by atoms with Crippen molar-refractivity contribution in [2.24, 2.45) is 0 Å². The maximum Gasteiger partial charge on any atom is 0.268 e. The van der Waals surface area contributed by atoms with Crippen LogP contribution in [0.25, 0.3) is 0 Å². The maximum atomic E-state index is 13.1. The van der Waals surface area contributed by atoms with Gasteiger partial charge in [-0.05, 0) is 18.4 Å². The second-order valence-corrected chi connectivity index (χ2v) is 9.28. The number of nitrogens with zero attached hydrogens (tertiary/aromatic N) is 3. The fraction of sp³-hybridized carbons (Fsp3) is 0.476. The number of carbonyl (C=O) groups is 1. The molecule has 0 radical (unpaired) electrons. The molecule has 148 valence electrons. The molecule has 1 saturated heterocycles. The molecule has 0 bridgehead atoms. The number of hydrogen-bond donors (Lipinski definition) is 0. The van der Waals surface area contributed by atoms with Crippen molar-refractivity contribution >= 4 is 29.4 Å². The maximum absolute atomic E-state index is 13.1. The topological polar surface area (TPSA) is 55.2 Å². The molecule has 28 heavy (non-hydrogen) atoms. The number of hydrogen-bond acceptors (Lipinski definition) is 5. The summed E-state index contributed by atoms with van der Waals surface area (Å²) in [5.74, 6) is 1.40. The van der Waals surface area contributed by atoms with E-state index in [1.807, 2.05) is 35.2 Å². The molecular formula is C21H25N3O2S2. The van der Waals surface area contributed by atoms with E-state index in [9.17, 15) is 9.59 Å². The van der Waals surface area contributed by atoms with Crippen LogP contribution >= 0.6 is 23.5 Å². The Balaban J connectivity index is 1.56. The standard InChI is InChI=1S/C21H25N3O2S2/c25-18(23-11-6-1-2-7-12-23)15-28-21-22-17-10-13-27-19(17)20(26)24(21)14-16-8-4-3-5-9-16/h3-5,8-9H,1-2,6-7,10-15H2. The van der Waals surface area contributed by atoms with Gasteiger partial charge in [0.25, 0.3) is 5.56 Å². The molecule has 1 fully saturated rings. The quantitative estimate of drug-likeness (QED) is 0.553. The van der Waals surface area contributed by atoms with Crippen LogP contribution in [-0.4, -0.2) is 45.0 Å². The van der Waals surface area contributed by atoms with E-state index in [2.05, 4.69) is 0 Å². The van der Waals surface area contributed by atoms with Gasteiger partial charge in [-0.2, -0.15) is 0 Å². The highest BCUT2D eigenvalue weighted by molar-refractivity contribution is 8.00. The smallest absolute Gasteiger partial charge is 0.268 e. The molecule has 5 nitrogen and oxygen atoms in total. The highest BCUT2D eigenvalue weighted by Crippen LogP contribution is 2.29. The van der Waals surface area contributed by atoms with Gasteiger partial charge < -0.3 is 4.90 Å². The van der Waals surface area contributed by atoms with E-state index in [1.165, 1.54) is 24.6 Å². The minimum atomic E-state index is 0.0288. The number of benzene rings is 1. The molecule has 0 aliphatic carbocycles. The molecular weight excluding hydrogens is 390 g/mol. The predicted octanol–water partition coefficient (Wildman–Crippen LogP) is 3.43. The van der Waals surface area contributed by atoms with Crippen LogP contribution in [0.5, 0.6) is 0 Å². The fourth-order valence-corrected chi connectivity index (χ4v) is 5.64. The van der Waals surface area contributed by atoms with Crippen LogP contribution in [-0.2, 0) is 17.8 Å². The van der Waals surface area contributed by atoms with Crippen molar-refractivity contribution in [2.45, 2.75) is 48.7 Å². The summed E-state index contributed by atoms with van der Waals surface area (Å²) in [6.07, 6.45) is 5.41. The van der Waals surface area contributed by atoms with Crippen molar-refractivity contribution in [3.8, 4) is 0 Å². The SMILES string of the molecule is O=C(CSc1nc2c(c(=O)n1Cc1ccccc1)SCC2)N1CCCCCC1. The van der Waals surface area contributed by atoms with E-state index in [-0.39, 0.29) is 11.5 Å². The van der Waals surface area contributed by atoms with Crippen molar-refractivity contribution in [3.05, 3.63) is 51.9 Å². The van der Waals surface area contributed by atoms with Crippen molar-refractivity contribution in [2.75, 3.05) is 24.6 Å². The Labute approximate surface area is 173 Å². The Kier molecular flexibility index (Phi) is 6.42. The summed E-state index contributed by atoms with van der Waals surface area (Å²) in [5, 5.41) is 0.665. The third-order valence-corrected chi connectivity index (χ3v) is 7.28. The molecule has 2 aromatic rings. The molecule has 1 aromatic heterocycles. The Morgan fingerprint density at radius 2 is 1.86 bits per heavy atom. The fourth-order valence-electron chi connectivity index (χ4n) is 3.68. The van der Waals surface area contributed by atoms with E-state index >= 15 is 0 Å². The number of rotatable bonds is 5. The van der Waals surface area contributed by atoms with Gasteiger partial charge in [0.05, 0.1) is 22.9 Å². The van der Waals surface area contributed by atoms with E-state index in [0.29, 0.717) is 17.5 Å². The molecule has 0 saturated carbocycles. The zero-order valence-electron chi connectivity index (χ0n) is 15.9. The van der Waals surface area contributed by atoms with E-state index in [1.54, 1.807) is 16.3 Å². The van der Waals surface area contributed by atoms with Crippen LogP contribution in [0.1, 0.15) is 36.9 Å². The molecule has 0 atom stereocenters. The molecule has 0 N–H and O–H groups in total. The van der Waals surface area contributed by atoms with Crippen LogP contribution < -0.4 is 5.56 Å². The van der Waals surface area contributed by atoms with Crippen LogP contribution in [0, 0.1) is 0 Å². The van der Waals surface area contributed by atoms with Crippen LogP contribution in [0.2, 0.25) is 0 Å². The highest BCUT2D eigenvalue weighted by atomic mass is 32.2. The van der Waals surface area contributed by atoms with Crippen LogP contribution in [0.15, 0.2) is 45.2 Å². The van der Waals surface area contributed by atoms with Crippen molar-refractivity contribution in [3.63, 3.8) is 0 Å². The summed E-state index contributed by atoms with van der Waals surface area (Å²) in [4.78, 5) is 33.3. The van der Waals surface area contributed by atoms with E-state index in [4.69, 9.17) is 4.98 Å². The third kappa shape index (κ3) is 4.46. The minimum Gasteiger partial charge on any atom is -0.342 e. The van der Waals surface area contributed by atoms with Gasteiger partial charge in [-0.15, -0.1) is 11.8 Å². The lowest BCUT2D eigenvalue weighted by molar-refractivity contribution is -0.128. The molecule has 3 heterocycles. The second kappa shape index (κ2) is 9.18. The zero-order valence-corrected chi connectivity index (χ0v) is 17.6. The first kappa shape index (κ1) is 19.6. The summed E-state index contributed by atoms with van der Waals surface area (Å²) in [6.45, 7) is 2.19. The number of aromatic nitrogens is 2. The number of thioether (sulfide) groups is 2. The van der Waals surface area contributed by atoms with Crippen molar-refractivity contribution in [1.82, 2.24) is 14.5 Å². The first-order valence-corrected chi connectivity index (χ1v) is 11.9. The summed E-state index contributed by atoms with van der Waals surface area (Å²) < 4.78 is 1.74. The minimum absolute atomic E-state index is 0.0288. The van der Waals surface area contributed by atoms with Gasteiger partial charge in [0.1, 0.15) is 0 Å². The molecule has 1 amide bonds. The average molecular weight is 416 g/mol. The summed E-state index contributed by atoms with van der Waals surface area (Å²) in [7, 11) is 0. The van der Waals surface area contributed by atoms with Gasteiger partial charge in [0.15, 0.2) is 5.16 Å². The molecule has 7 heteroatoms. The molecule has 4 rings (SSSR count). The lowest BCUT2D eigenvalue weighted by Crippen LogP contribution is -2.33. The van der Waals surface area contributed by atoms with E-state index in [0.717, 1.165) is 54.3 Å². The first-order chi connectivity index (χ1) is 13.7. The molecule has 2 aliphatic heterocycles. The van der Waals surface area contributed by atoms with Crippen LogP contribution in [0.4, 0.5) is 0 Å². The van der Waals surface area contributed by atoms with Crippen molar-refractivity contribution in [1.29, 1.82) is 0 Å². The largest absolute Gasteiger partial charge is 0.342 e. The zero-order chi connectivity index (χ0) is 19.3. The molecule has 2 aliphatic rings. The first-order valence-electron chi connectivity index (χ1n) is 9.93. The van der Waals surface area contributed by atoms with Gasteiger partial charge in [-0.25, -0.2) is 4.98 Å². The van der Waals surface area contributed by atoms with Crippen molar-refractivity contribution < 1.29 is 4.79 Å². The Hall–Kier alpha value is -1.73. The predicted molar refractivity (Wildman–Crippen MR) is 114 cm³/mol. The summed E-state index contributed by atoms with van der Waals surface area (Å²) in [5.41, 5.74) is 1.99.